The van der Waals surface area contributed by atoms with Crippen LogP contribution >= 0.6 is 0 Å². The number of allylic oxidation sites excluding steroid dienone is 1. The second-order valence-electron chi connectivity index (χ2n) is 7.83. The third kappa shape index (κ3) is 8.14. The van der Waals surface area contributed by atoms with Crippen molar-refractivity contribution >= 4 is 0 Å². The van der Waals surface area contributed by atoms with E-state index in [9.17, 15) is 5.11 Å². The van der Waals surface area contributed by atoms with E-state index in [2.05, 4.69) is 25.3 Å². The Morgan fingerprint density at radius 3 is 2.87 bits per heavy atom. The lowest BCUT2D eigenvalue weighted by molar-refractivity contribution is -0.190. The molecular formula is C26H38O4. The van der Waals surface area contributed by atoms with Crippen molar-refractivity contribution < 1.29 is 19.3 Å². The molecule has 166 valence electrons. The number of rotatable bonds is 12. The van der Waals surface area contributed by atoms with Gasteiger partial charge in [0.25, 0.3) is 0 Å². The van der Waals surface area contributed by atoms with Gasteiger partial charge in [0.15, 0.2) is 6.29 Å². The van der Waals surface area contributed by atoms with Crippen LogP contribution in [0, 0.1) is 11.8 Å². The van der Waals surface area contributed by atoms with Crippen molar-refractivity contribution in [1.82, 2.24) is 0 Å². The normalized spacial score (nSPS) is 18.2. The Balaban J connectivity index is 1.94. The average Bonchev–Trinajstić information content (AvgIpc) is 2.77. The van der Waals surface area contributed by atoms with Gasteiger partial charge in [0.05, 0.1) is 13.2 Å². The molecule has 1 fully saturated rings. The third-order valence-corrected chi connectivity index (χ3v) is 5.47. The molecule has 1 heterocycles. The largest absolute Gasteiger partial charge is 0.496 e. The maximum absolute atomic E-state index is 10.6. The summed E-state index contributed by atoms with van der Waals surface area (Å²) in [4.78, 5) is 0. The van der Waals surface area contributed by atoms with Crippen LogP contribution < -0.4 is 4.74 Å². The fraction of sp³-hybridized carbons (Fsp3) is 0.615. The van der Waals surface area contributed by atoms with Crippen LogP contribution in [0.4, 0.5) is 0 Å². The van der Waals surface area contributed by atoms with Gasteiger partial charge in [-0.2, -0.15) is 0 Å². The maximum atomic E-state index is 10.6. The summed E-state index contributed by atoms with van der Waals surface area (Å²) in [5, 5.41) is 10.6. The van der Waals surface area contributed by atoms with Crippen molar-refractivity contribution in [2.75, 3.05) is 13.7 Å². The molecule has 2 rings (SSSR count). The molecule has 3 atom stereocenters. The lowest BCUT2D eigenvalue weighted by Gasteiger charge is -2.27. The highest BCUT2D eigenvalue weighted by Crippen LogP contribution is 2.27. The minimum absolute atomic E-state index is 0.0674. The van der Waals surface area contributed by atoms with Crippen LogP contribution in [0.15, 0.2) is 30.9 Å². The molecule has 0 bridgehead atoms. The predicted octanol–water partition coefficient (Wildman–Crippen LogP) is 5.73. The van der Waals surface area contributed by atoms with Crippen LogP contribution in [0.25, 0.3) is 0 Å². The first kappa shape index (κ1) is 24.5. The molecule has 30 heavy (non-hydrogen) atoms. The molecule has 0 radical (unpaired) electrons. The Kier molecular flexibility index (Phi) is 11.6. The summed E-state index contributed by atoms with van der Waals surface area (Å²) < 4.78 is 17.4. The molecular weight excluding hydrogens is 376 g/mol. The zero-order valence-corrected chi connectivity index (χ0v) is 18.7. The van der Waals surface area contributed by atoms with Gasteiger partial charge in [-0.15, -0.1) is 12.5 Å². The zero-order valence-electron chi connectivity index (χ0n) is 18.7. The first-order valence-electron chi connectivity index (χ1n) is 11.4. The molecule has 4 heteroatoms. The number of hydrogen-bond acceptors (Lipinski definition) is 4. The highest BCUT2D eigenvalue weighted by atomic mass is 16.7. The van der Waals surface area contributed by atoms with Crippen molar-refractivity contribution in [2.45, 2.75) is 89.6 Å². The average molecular weight is 415 g/mol. The summed E-state index contributed by atoms with van der Waals surface area (Å²) in [5.74, 6) is 6.92. The van der Waals surface area contributed by atoms with Gasteiger partial charge in [-0.1, -0.05) is 50.3 Å². The molecule has 4 nitrogen and oxygen atoms in total. The minimum Gasteiger partial charge on any atom is -0.496 e. The Bertz CT molecular complexity index is 682. The monoisotopic (exact) mass is 414 g/mol. The number of methoxy groups -OCH3 is 1. The molecule has 0 spiro atoms. The molecule has 0 saturated carbocycles. The molecule has 1 aromatic carbocycles. The molecule has 0 aromatic heterocycles. The van der Waals surface area contributed by atoms with E-state index in [1.165, 1.54) is 25.7 Å². The van der Waals surface area contributed by atoms with E-state index < -0.39 is 6.10 Å². The molecule has 1 aromatic rings. The van der Waals surface area contributed by atoms with Gasteiger partial charge in [-0.3, -0.25) is 0 Å². The lowest BCUT2D eigenvalue weighted by atomic mass is 9.98. The summed E-state index contributed by atoms with van der Waals surface area (Å²) >= 11 is 0. The van der Waals surface area contributed by atoms with E-state index in [4.69, 9.17) is 14.2 Å². The topological polar surface area (TPSA) is 47.9 Å². The SMILES string of the molecule is C=CCc1c(OC)cccc1C(O)C#CCCC(CCCCC)OC1CCCCO1. The molecule has 3 unspecified atom stereocenters. The number of hydrogen-bond donors (Lipinski definition) is 1. The predicted molar refractivity (Wildman–Crippen MR) is 121 cm³/mol. The van der Waals surface area contributed by atoms with Gasteiger partial charge in [0, 0.05) is 18.6 Å². The van der Waals surface area contributed by atoms with Gasteiger partial charge in [-0.25, -0.2) is 0 Å². The van der Waals surface area contributed by atoms with Gasteiger partial charge in [0.2, 0.25) is 0 Å². The number of ether oxygens (including phenoxy) is 3. The van der Waals surface area contributed by atoms with Gasteiger partial charge in [-0.05, 0) is 50.2 Å². The molecule has 1 N–H and O–H groups in total. The zero-order chi connectivity index (χ0) is 21.6. The maximum Gasteiger partial charge on any atom is 0.157 e. The molecule has 0 aliphatic carbocycles. The number of unbranched alkanes of at least 4 members (excludes halogenated alkanes) is 2. The van der Waals surface area contributed by atoms with Gasteiger partial charge < -0.3 is 19.3 Å². The summed E-state index contributed by atoms with van der Waals surface area (Å²) in [6, 6.07) is 5.68. The Hall–Kier alpha value is -1.80. The number of aliphatic hydroxyl groups excluding tert-OH is 1. The number of aliphatic hydroxyl groups is 1. The summed E-state index contributed by atoms with van der Waals surface area (Å²) in [6.45, 7) is 6.82. The van der Waals surface area contributed by atoms with Crippen molar-refractivity contribution in [1.29, 1.82) is 0 Å². The van der Waals surface area contributed by atoms with E-state index in [1.807, 2.05) is 24.3 Å². The molecule has 1 aliphatic rings. The van der Waals surface area contributed by atoms with Crippen LogP contribution in [0.5, 0.6) is 5.75 Å². The van der Waals surface area contributed by atoms with Crippen LogP contribution in [-0.2, 0) is 15.9 Å². The fourth-order valence-electron chi connectivity index (χ4n) is 3.81. The van der Waals surface area contributed by atoms with E-state index >= 15 is 0 Å². The van der Waals surface area contributed by atoms with Crippen LogP contribution in [-0.4, -0.2) is 31.2 Å². The first-order valence-corrected chi connectivity index (χ1v) is 11.4. The summed E-state index contributed by atoms with van der Waals surface area (Å²) in [5.41, 5.74) is 1.72. The fourth-order valence-corrected chi connectivity index (χ4v) is 3.81. The third-order valence-electron chi connectivity index (χ3n) is 5.47. The van der Waals surface area contributed by atoms with E-state index in [0.717, 1.165) is 49.2 Å². The molecule has 1 saturated heterocycles. The Morgan fingerprint density at radius 1 is 1.30 bits per heavy atom. The summed E-state index contributed by atoms with van der Waals surface area (Å²) in [6.07, 6.45) is 11.2. The van der Waals surface area contributed by atoms with Gasteiger partial charge in [0.1, 0.15) is 11.9 Å². The minimum atomic E-state index is -0.837. The number of benzene rings is 1. The summed E-state index contributed by atoms with van der Waals surface area (Å²) in [7, 11) is 1.64. The quantitative estimate of drug-likeness (QED) is 0.269. The van der Waals surface area contributed by atoms with Crippen LogP contribution in [0.2, 0.25) is 0 Å². The highest BCUT2D eigenvalue weighted by Gasteiger charge is 2.19. The van der Waals surface area contributed by atoms with E-state index in [0.29, 0.717) is 12.8 Å². The first-order chi connectivity index (χ1) is 14.7. The van der Waals surface area contributed by atoms with Crippen LogP contribution in [0.1, 0.15) is 81.9 Å². The van der Waals surface area contributed by atoms with Crippen molar-refractivity contribution in [2.24, 2.45) is 0 Å². The highest BCUT2D eigenvalue weighted by molar-refractivity contribution is 5.44. The van der Waals surface area contributed by atoms with Crippen LogP contribution in [0.3, 0.4) is 0 Å². The standard InChI is InChI=1S/C26H38O4/c1-4-6-7-14-21(30-26-19-10-11-20-29-26)15-8-9-17-24(27)22-16-12-18-25(28-3)23(22)13-5-2/h5,12,16,18,21,24,26-27H,2,4,6-8,10-11,13-15,19-20H2,1,3H3. The second-order valence-corrected chi connectivity index (χ2v) is 7.83. The molecule has 0 amide bonds. The molecule has 1 aliphatic heterocycles. The smallest absolute Gasteiger partial charge is 0.157 e. The van der Waals surface area contributed by atoms with E-state index in [1.54, 1.807) is 7.11 Å². The van der Waals surface area contributed by atoms with Crippen molar-refractivity contribution in [3.05, 3.63) is 42.0 Å². The van der Waals surface area contributed by atoms with E-state index in [-0.39, 0.29) is 12.4 Å². The van der Waals surface area contributed by atoms with Gasteiger partial charge >= 0.3 is 0 Å². The lowest BCUT2D eigenvalue weighted by Crippen LogP contribution is -2.28. The second kappa shape index (κ2) is 14.2. The van der Waals surface area contributed by atoms with Crippen molar-refractivity contribution in [3.8, 4) is 17.6 Å². The Morgan fingerprint density at radius 2 is 2.17 bits per heavy atom. The van der Waals surface area contributed by atoms with Crippen molar-refractivity contribution in [3.63, 3.8) is 0 Å². The Labute approximate surface area is 182 Å².